The van der Waals surface area contributed by atoms with Crippen molar-refractivity contribution in [3.05, 3.63) is 71.4 Å². The van der Waals surface area contributed by atoms with E-state index < -0.39 is 6.04 Å². The van der Waals surface area contributed by atoms with Gasteiger partial charge in [0.25, 0.3) is 0 Å². The van der Waals surface area contributed by atoms with Gasteiger partial charge in [0.15, 0.2) is 0 Å². The SMILES string of the molecule is COc1ccc(/C=C/C(=O)NC(C)C(=O)N2CCc3[nH]c4ccccc4c3C2)cc1. The number of H-pyrrole nitrogens is 1. The molecule has 2 amide bonds. The van der Waals surface area contributed by atoms with Crippen LogP contribution in [0.1, 0.15) is 23.7 Å². The van der Waals surface area contributed by atoms with Crippen molar-refractivity contribution in [2.75, 3.05) is 13.7 Å². The average molecular weight is 403 g/mol. The monoisotopic (exact) mass is 403 g/mol. The first-order chi connectivity index (χ1) is 14.5. The first-order valence-electron chi connectivity index (χ1n) is 10.0. The number of carbonyl (C=O) groups is 2. The number of nitrogens with one attached hydrogen (secondary N) is 2. The Bertz CT molecular complexity index is 1100. The molecule has 0 aliphatic carbocycles. The number of hydrogen-bond donors (Lipinski definition) is 2. The third kappa shape index (κ3) is 4.08. The molecule has 1 aromatic heterocycles. The second kappa shape index (κ2) is 8.45. The largest absolute Gasteiger partial charge is 0.497 e. The Balaban J connectivity index is 1.37. The number of ether oxygens (including phenoxy) is 1. The number of nitrogens with zero attached hydrogens (tertiary/aromatic N) is 1. The molecule has 30 heavy (non-hydrogen) atoms. The molecule has 0 spiro atoms. The number of methoxy groups -OCH3 is 1. The lowest BCUT2D eigenvalue weighted by atomic mass is 10.0. The summed E-state index contributed by atoms with van der Waals surface area (Å²) in [7, 11) is 1.61. The van der Waals surface area contributed by atoms with Crippen molar-refractivity contribution >= 4 is 28.8 Å². The molecule has 2 N–H and O–H groups in total. The molecule has 0 radical (unpaired) electrons. The first-order valence-corrected chi connectivity index (χ1v) is 10.0. The topological polar surface area (TPSA) is 74.4 Å². The van der Waals surface area contributed by atoms with E-state index in [1.165, 1.54) is 17.3 Å². The normalized spacial score (nSPS) is 14.5. The van der Waals surface area contributed by atoms with Gasteiger partial charge in [0.1, 0.15) is 11.8 Å². The van der Waals surface area contributed by atoms with Crippen molar-refractivity contribution in [1.29, 1.82) is 0 Å². The smallest absolute Gasteiger partial charge is 0.245 e. The zero-order chi connectivity index (χ0) is 21.1. The quantitative estimate of drug-likeness (QED) is 0.642. The van der Waals surface area contributed by atoms with E-state index in [4.69, 9.17) is 4.74 Å². The van der Waals surface area contributed by atoms with Gasteiger partial charge in [-0.15, -0.1) is 0 Å². The maximum atomic E-state index is 12.9. The predicted molar refractivity (Wildman–Crippen MR) is 117 cm³/mol. The molecule has 3 aromatic rings. The van der Waals surface area contributed by atoms with E-state index >= 15 is 0 Å². The summed E-state index contributed by atoms with van der Waals surface area (Å²) < 4.78 is 5.12. The number of carbonyl (C=O) groups excluding carboxylic acids is 2. The molecule has 0 saturated carbocycles. The highest BCUT2D eigenvalue weighted by molar-refractivity contribution is 5.95. The molecule has 6 heteroatoms. The maximum Gasteiger partial charge on any atom is 0.245 e. The minimum atomic E-state index is -0.593. The Morgan fingerprint density at radius 1 is 1.17 bits per heavy atom. The minimum Gasteiger partial charge on any atom is -0.497 e. The van der Waals surface area contributed by atoms with E-state index in [-0.39, 0.29) is 11.8 Å². The third-order valence-electron chi connectivity index (χ3n) is 5.47. The second-order valence-electron chi connectivity index (χ2n) is 7.47. The average Bonchev–Trinajstić information content (AvgIpc) is 3.15. The molecular formula is C24H25N3O3. The summed E-state index contributed by atoms with van der Waals surface area (Å²) in [5.74, 6) is 0.393. The molecule has 6 nitrogen and oxygen atoms in total. The van der Waals surface area contributed by atoms with Gasteiger partial charge in [-0.05, 0) is 36.8 Å². The molecule has 0 saturated heterocycles. The van der Waals surface area contributed by atoms with Crippen LogP contribution in [0.4, 0.5) is 0 Å². The summed E-state index contributed by atoms with van der Waals surface area (Å²) in [6.45, 7) is 2.92. The second-order valence-corrected chi connectivity index (χ2v) is 7.47. The van der Waals surface area contributed by atoms with Crippen molar-refractivity contribution in [2.24, 2.45) is 0 Å². The van der Waals surface area contributed by atoms with Crippen LogP contribution in [0.25, 0.3) is 17.0 Å². The van der Waals surface area contributed by atoms with Gasteiger partial charge in [0, 0.05) is 47.7 Å². The number of aromatic amines is 1. The summed E-state index contributed by atoms with van der Waals surface area (Å²) in [5, 5.41) is 3.93. The van der Waals surface area contributed by atoms with Crippen molar-refractivity contribution in [3.8, 4) is 5.75 Å². The Kier molecular flexibility index (Phi) is 5.57. The predicted octanol–water partition coefficient (Wildman–Crippen LogP) is 3.28. The standard InChI is InChI=1S/C24H25N3O3/c1-16(25-23(28)12-9-17-7-10-18(30-2)11-8-17)24(29)27-14-13-22-20(15-27)19-5-3-4-6-21(19)26-22/h3-12,16,26H,13-15H2,1-2H3,(H,25,28)/b12-9+. The van der Waals surface area contributed by atoms with Crippen LogP contribution in [0.15, 0.2) is 54.6 Å². The lowest BCUT2D eigenvalue weighted by molar-refractivity contribution is -0.135. The van der Waals surface area contributed by atoms with Gasteiger partial charge in [0.05, 0.1) is 7.11 Å². The van der Waals surface area contributed by atoms with Crippen LogP contribution in [0, 0.1) is 0 Å². The fourth-order valence-corrected chi connectivity index (χ4v) is 3.84. The maximum absolute atomic E-state index is 12.9. The number of para-hydroxylation sites is 1. The molecule has 0 bridgehead atoms. The van der Waals surface area contributed by atoms with E-state index in [1.54, 1.807) is 20.1 Å². The van der Waals surface area contributed by atoms with Crippen molar-refractivity contribution in [2.45, 2.75) is 25.9 Å². The fourth-order valence-electron chi connectivity index (χ4n) is 3.84. The summed E-state index contributed by atoms with van der Waals surface area (Å²) >= 11 is 0. The minimum absolute atomic E-state index is 0.0721. The van der Waals surface area contributed by atoms with Crippen molar-refractivity contribution < 1.29 is 14.3 Å². The van der Waals surface area contributed by atoms with Gasteiger partial charge in [-0.1, -0.05) is 30.3 Å². The molecule has 1 aliphatic rings. The molecule has 1 atom stereocenters. The number of benzene rings is 2. The Hall–Kier alpha value is -3.54. The summed E-state index contributed by atoms with van der Waals surface area (Å²) in [5.41, 5.74) is 4.34. The Labute approximate surface area is 175 Å². The lowest BCUT2D eigenvalue weighted by Crippen LogP contribution is -2.48. The molecule has 154 valence electrons. The molecule has 2 aromatic carbocycles. The molecule has 0 fully saturated rings. The highest BCUT2D eigenvalue weighted by atomic mass is 16.5. The molecule has 1 unspecified atom stereocenters. The molecule has 1 aliphatic heterocycles. The van der Waals surface area contributed by atoms with Crippen LogP contribution in [0.2, 0.25) is 0 Å². The van der Waals surface area contributed by atoms with Gasteiger partial charge >= 0.3 is 0 Å². The number of fused-ring (bicyclic) bond motifs is 3. The van der Waals surface area contributed by atoms with E-state index in [1.807, 2.05) is 41.3 Å². The van der Waals surface area contributed by atoms with Crippen LogP contribution in [0.5, 0.6) is 5.75 Å². The first kappa shape index (κ1) is 19.8. The van der Waals surface area contributed by atoms with Gasteiger partial charge in [-0.2, -0.15) is 0 Å². The van der Waals surface area contributed by atoms with Crippen LogP contribution >= 0.6 is 0 Å². The number of amides is 2. The zero-order valence-corrected chi connectivity index (χ0v) is 17.1. The summed E-state index contributed by atoms with van der Waals surface area (Å²) in [6, 6.07) is 14.9. The van der Waals surface area contributed by atoms with Crippen LogP contribution in [-0.4, -0.2) is 41.4 Å². The van der Waals surface area contributed by atoms with Crippen molar-refractivity contribution in [1.82, 2.24) is 15.2 Å². The third-order valence-corrected chi connectivity index (χ3v) is 5.47. The van der Waals surface area contributed by atoms with Gasteiger partial charge < -0.3 is 19.9 Å². The van der Waals surface area contributed by atoms with Gasteiger partial charge in [-0.3, -0.25) is 9.59 Å². The van der Waals surface area contributed by atoms with E-state index in [0.29, 0.717) is 13.1 Å². The molecular weight excluding hydrogens is 378 g/mol. The Morgan fingerprint density at radius 3 is 2.70 bits per heavy atom. The van der Waals surface area contributed by atoms with Gasteiger partial charge in [0.2, 0.25) is 11.8 Å². The Morgan fingerprint density at radius 2 is 1.93 bits per heavy atom. The highest BCUT2D eigenvalue weighted by Crippen LogP contribution is 2.27. The van der Waals surface area contributed by atoms with E-state index in [9.17, 15) is 9.59 Å². The molecule has 4 rings (SSSR count). The zero-order valence-electron chi connectivity index (χ0n) is 17.1. The number of rotatable bonds is 5. The lowest BCUT2D eigenvalue weighted by Gasteiger charge is -2.29. The van der Waals surface area contributed by atoms with Crippen LogP contribution in [-0.2, 0) is 22.6 Å². The number of hydrogen-bond acceptors (Lipinski definition) is 3. The van der Waals surface area contributed by atoms with Crippen molar-refractivity contribution in [3.63, 3.8) is 0 Å². The summed E-state index contributed by atoms with van der Waals surface area (Å²) in [4.78, 5) is 30.5. The number of aromatic nitrogens is 1. The molecule has 2 heterocycles. The van der Waals surface area contributed by atoms with Crippen LogP contribution < -0.4 is 10.1 Å². The summed E-state index contributed by atoms with van der Waals surface area (Å²) in [6.07, 6.45) is 3.94. The van der Waals surface area contributed by atoms with Gasteiger partial charge in [-0.25, -0.2) is 0 Å². The van der Waals surface area contributed by atoms with E-state index in [2.05, 4.69) is 22.4 Å². The van der Waals surface area contributed by atoms with Crippen LogP contribution in [0.3, 0.4) is 0 Å². The fraction of sp³-hybridized carbons (Fsp3) is 0.250. The van der Waals surface area contributed by atoms with E-state index in [0.717, 1.165) is 28.6 Å². The highest BCUT2D eigenvalue weighted by Gasteiger charge is 2.27.